The lowest BCUT2D eigenvalue weighted by Crippen LogP contribution is -2.21. The number of nitrogen functional groups attached to an aromatic ring is 1. The fourth-order valence-electron chi connectivity index (χ4n) is 2.64. The Bertz CT molecular complexity index is 933. The summed E-state index contributed by atoms with van der Waals surface area (Å²) < 4.78 is 28.0. The maximum absolute atomic E-state index is 12.7. The third kappa shape index (κ3) is 1.87. The topological polar surface area (TPSA) is 112 Å². The van der Waals surface area contributed by atoms with Crippen LogP contribution in [0.4, 0.5) is 5.69 Å². The molecular weight excluding hydrogens is 304 g/mol. The van der Waals surface area contributed by atoms with E-state index in [1.807, 2.05) is 0 Å². The first-order chi connectivity index (χ1) is 10.4. The van der Waals surface area contributed by atoms with Crippen molar-refractivity contribution in [3.8, 4) is 0 Å². The molecule has 0 unspecified atom stereocenters. The first-order valence-electron chi connectivity index (χ1n) is 6.27. The van der Waals surface area contributed by atoms with Gasteiger partial charge >= 0.3 is 10.1 Å². The van der Waals surface area contributed by atoms with Crippen molar-refractivity contribution in [2.45, 2.75) is 4.90 Å². The fraction of sp³-hybridized carbons (Fsp3) is 0. The van der Waals surface area contributed by atoms with Crippen molar-refractivity contribution in [3.05, 3.63) is 65.2 Å². The van der Waals surface area contributed by atoms with Gasteiger partial charge in [0, 0.05) is 16.8 Å². The van der Waals surface area contributed by atoms with Crippen LogP contribution < -0.4 is 11.6 Å². The van der Waals surface area contributed by atoms with E-state index >= 15 is 0 Å². The van der Waals surface area contributed by atoms with Crippen molar-refractivity contribution in [1.29, 1.82) is 0 Å². The molecule has 0 fully saturated rings. The summed E-state index contributed by atoms with van der Waals surface area (Å²) in [6.07, 6.45) is 0. The molecule has 112 valence electrons. The van der Waals surface area contributed by atoms with Gasteiger partial charge in [-0.1, -0.05) is 30.8 Å². The Morgan fingerprint density at radius 2 is 1.64 bits per heavy atom. The maximum atomic E-state index is 12.7. The normalized spacial score (nSPS) is 13.7. The molecular formula is C15H12N2O4S. The molecule has 0 atom stereocenters. The van der Waals surface area contributed by atoms with Crippen LogP contribution >= 0.6 is 0 Å². The summed E-state index contributed by atoms with van der Waals surface area (Å²) in [4.78, 5) is 12.4. The van der Waals surface area contributed by atoms with Crippen molar-refractivity contribution in [3.63, 3.8) is 0 Å². The average molecular weight is 316 g/mol. The molecule has 4 N–H and O–H groups in total. The molecule has 0 heterocycles. The van der Waals surface area contributed by atoms with Crippen LogP contribution in [0.25, 0.3) is 5.57 Å². The molecule has 1 aliphatic rings. The predicted octanol–water partition coefficient (Wildman–Crippen LogP) is 1.45. The van der Waals surface area contributed by atoms with Gasteiger partial charge < -0.3 is 5.73 Å². The molecule has 0 spiro atoms. The maximum Gasteiger partial charge on any atom is 0.313 e. The zero-order valence-corrected chi connectivity index (χ0v) is 12.2. The number of rotatable bonds is 2. The lowest BCUT2D eigenvalue weighted by atomic mass is 9.81. The molecule has 0 amide bonds. The molecule has 6 nitrogen and oxygen atoms in total. The van der Waals surface area contributed by atoms with Crippen molar-refractivity contribution in [2.24, 2.45) is 5.90 Å². The predicted molar refractivity (Wildman–Crippen MR) is 81.3 cm³/mol. The third-order valence-electron chi connectivity index (χ3n) is 3.62. The van der Waals surface area contributed by atoms with Crippen LogP contribution in [0.15, 0.2) is 47.9 Å². The molecule has 7 heteroatoms. The molecule has 0 aromatic heterocycles. The summed E-state index contributed by atoms with van der Waals surface area (Å²) in [5, 5.41) is 0. The van der Waals surface area contributed by atoms with Crippen LogP contribution in [-0.2, 0) is 14.4 Å². The van der Waals surface area contributed by atoms with Crippen LogP contribution in [0.3, 0.4) is 0 Å². The largest absolute Gasteiger partial charge is 0.398 e. The van der Waals surface area contributed by atoms with E-state index in [2.05, 4.69) is 10.9 Å². The Morgan fingerprint density at radius 3 is 2.32 bits per heavy atom. The quantitative estimate of drug-likeness (QED) is 0.546. The average Bonchev–Trinajstić information content (AvgIpc) is 2.51. The highest BCUT2D eigenvalue weighted by atomic mass is 32.2. The molecule has 0 aliphatic heterocycles. The van der Waals surface area contributed by atoms with E-state index in [0.29, 0.717) is 28.0 Å². The van der Waals surface area contributed by atoms with E-state index < -0.39 is 15.9 Å². The van der Waals surface area contributed by atoms with Crippen molar-refractivity contribution >= 4 is 27.2 Å². The van der Waals surface area contributed by atoms with E-state index in [-0.39, 0.29) is 10.5 Å². The lowest BCUT2D eigenvalue weighted by Gasteiger charge is -2.23. The summed E-state index contributed by atoms with van der Waals surface area (Å²) in [5.41, 5.74) is 8.03. The third-order valence-corrected chi connectivity index (χ3v) is 4.75. The number of hydrogen-bond acceptors (Lipinski definition) is 6. The Morgan fingerprint density at radius 1 is 1.00 bits per heavy atom. The van der Waals surface area contributed by atoms with Gasteiger partial charge in [0.2, 0.25) is 0 Å². The number of ketones is 1. The lowest BCUT2D eigenvalue weighted by molar-refractivity contribution is 0.103. The SMILES string of the molecule is C=C1c2cccc(S(=O)(=O)ON)c2C(=O)c2cccc(N)c21. The van der Waals surface area contributed by atoms with Crippen LogP contribution in [-0.4, -0.2) is 14.2 Å². The second-order valence-electron chi connectivity index (χ2n) is 4.81. The summed E-state index contributed by atoms with van der Waals surface area (Å²) in [6.45, 7) is 3.94. The molecule has 1 aliphatic carbocycles. The summed E-state index contributed by atoms with van der Waals surface area (Å²) in [6, 6.07) is 9.24. The molecule has 3 rings (SSSR count). The fourth-order valence-corrected chi connectivity index (χ4v) is 3.44. The molecule has 0 bridgehead atoms. The van der Waals surface area contributed by atoms with Gasteiger partial charge in [0.25, 0.3) is 0 Å². The number of carbonyl (C=O) groups is 1. The number of hydrogen-bond donors (Lipinski definition) is 2. The smallest absolute Gasteiger partial charge is 0.313 e. The summed E-state index contributed by atoms with van der Waals surface area (Å²) in [7, 11) is -4.22. The number of benzene rings is 2. The van der Waals surface area contributed by atoms with Gasteiger partial charge in [-0.3, -0.25) is 4.79 Å². The molecule has 0 saturated carbocycles. The Balaban J connectivity index is 2.39. The van der Waals surface area contributed by atoms with Gasteiger partial charge in [0.1, 0.15) is 4.90 Å². The zero-order valence-electron chi connectivity index (χ0n) is 11.4. The van der Waals surface area contributed by atoms with E-state index in [1.165, 1.54) is 12.1 Å². The van der Waals surface area contributed by atoms with E-state index in [4.69, 9.17) is 11.6 Å². The standard InChI is InChI=1S/C15H12N2O4S/c1-8-9-4-3-7-12(22(19,20)21-17)14(9)15(18)10-5-2-6-11(16)13(8)10/h2-7H,1,16-17H2. The highest BCUT2D eigenvalue weighted by Gasteiger charge is 2.33. The monoisotopic (exact) mass is 316 g/mol. The first kappa shape index (κ1) is 14.5. The first-order valence-corrected chi connectivity index (χ1v) is 7.68. The van der Waals surface area contributed by atoms with Crippen LogP contribution in [0, 0.1) is 0 Å². The highest BCUT2D eigenvalue weighted by Crippen LogP contribution is 2.40. The number of fused-ring (bicyclic) bond motifs is 2. The second kappa shape index (κ2) is 4.77. The number of anilines is 1. The molecule has 0 radical (unpaired) electrons. The molecule has 0 saturated heterocycles. The molecule has 2 aromatic carbocycles. The van der Waals surface area contributed by atoms with E-state index in [1.54, 1.807) is 24.3 Å². The van der Waals surface area contributed by atoms with Gasteiger partial charge in [-0.05, 0) is 23.3 Å². The number of carbonyl (C=O) groups excluding carboxylic acids is 1. The zero-order chi connectivity index (χ0) is 16.1. The van der Waals surface area contributed by atoms with Crippen LogP contribution in [0.2, 0.25) is 0 Å². The minimum Gasteiger partial charge on any atom is -0.398 e. The summed E-state index contributed by atoms with van der Waals surface area (Å²) >= 11 is 0. The molecule has 2 aromatic rings. The number of nitrogens with two attached hydrogens (primary N) is 2. The Labute approximate surface area is 127 Å². The van der Waals surface area contributed by atoms with Gasteiger partial charge in [-0.25, -0.2) is 0 Å². The van der Waals surface area contributed by atoms with Crippen LogP contribution in [0.5, 0.6) is 0 Å². The Kier molecular flexibility index (Phi) is 3.13. The van der Waals surface area contributed by atoms with Crippen LogP contribution in [0.1, 0.15) is 27.0 Å². The Hall–Kier alpha value is -2.48. The van der Waals surface area contributed by atoms with Crippen molar-refractivity contribution in [2.75, 3.05) is 5.73 Å². The molecule has 22 heavy (non-hydrogen) atoms. The second-order valence-corrected chi connectivity index (χ2v) is 6.35. The van der Waals surface area contributed by atoms with Crippen molar-refractivity contribution < 1.29 is 17.5 Å². The van der Waals surface area contributed by atoms with Crippen molar-refractivity contribution in [1.82, 2.24) is 0 Å². The van der Waals surface area contributed by atoms with Gasteiger partial charge in [-0.15, -0.1) is 0 Å². The van der Waals surface area contributed by atoms with E-state index in [0.717, 1.165) is 0 Å². The minimum absolute atomic E-state index is 0.00366. The van der Waals surface area contributed by atoms with Gasteiger partial charge in [0.15, 0.2) is 5.78 Å². The highest BCUT2D eigenvalue weighted by molar-refractivity contribution is 7.86. The minimum atomic E-state index is -4.22. The summed E-state index contributed by atoms with van der Waals surface area (Å²) in [5.74, 6) is 4.37. The van der Waals surface area contributed by atoms with Gasteiger partial charge in [0.05, 0.1) is 5.56 Å². The van der Waals surface area contributed by atoms with Gasteiger partial charge in [-0.2, -0.15) is 18.6 Å². The van der Waals surface area contributed by atoms with E-state index in [9.17, 15) is 13.2 Å².